The second-order valence-electron chi connectivity index (χ2n) is 4.69. The maximum absolute atomic E-state index is 13.6. The lowest BCUT2D eigenvalue weighted by Gasteiger charge is -2.10. The van der Waals surface area contributed by atoms with Gasteiger partial charge in [-0.15, -0.1) is 0 Å². The molecule has 0 bridgehead atoms. The number of rotatable bonds is 6. The number of esters is 1. The standard InChI is InChI=1S/C17H14ClFO5/c1-22-11-4-6-13(16(8-11)23-2)15(20)9-24-17(21)12-5-3-10(18)7-14(12)19/h3-8H,9H2,1-2H3. The molecule has 0 radical (unpaired) electrons. The average molecular weight is 353 g/mol. The van der Waals surface area contributed by atoms with Crippen LogP contribution in [0.4, 0.5) is 4.39 Å². The topological polar surface area (TPSA) is 61.8 Å². The number of ketones is 1. The molecule has 0 spiro atoms. The van der Waals surface area contributed by atoms with Gasteiger partial charge in [0.1, 0.15) is 17.3 Å². The summed E-state index contributed by atoms with van der Waals surface area (Å²) in [7, 11) is 2.89. The second kappa shape index (κ2) is 7.79. The van der Waals surface area contributed by atoms with Gasteiger partial charge in [0.2, 0.25) is 5.78 Å². The van der Waals surface area contributed by atoms with Crippen LogP contribution < -0.4 is 9.47 Å². The van der Waals surface area contributed by atoms with Gasteiger partial charge in [0.05, 0.1) is 25.3 Å². The van der Waals surface area contributed by atoms with Crippen molar-refractivity contribution in [3.63, 3.8) is 0 Å². The number of ether oxygens (including phenoxy) is 3. The molecule has 126 valence electrons. The fourth-order valence-corrected chi connectivity index (χ4v) is 2.13. The van der Waals surface area contributed by atoms with Crippen LogP contribution in [-0.2, 0) is 4.74 Å². The highest BCUT2D eigenvalue weighted by Gasteiger charge is 2.18. The fraction of sp³-hybridized carbons (Fsp3) is 0.176. The molecule has 0 aliphatic rings. The minimum atomic E-state index is -0.954. The van der Waals surface area contributed by atoms with Crippen molar-refractivity contribution in [2.75, 3.05) is 20.8 Å². The van der Waals surface area contributed by atoms with Crippen LogP contribution in [0.15, 0.2) is 36.4 Å². The van der Waals surface area contributed by atoms with Crippen LogP contribution in [0.25, 0.3) is 0 Å². The molecule has 0 saturated carbocycles. The SMILES string of the molecule is COc1ccc(C(=O)COC(=O)c2ccc(Cl)cc2F)c(OC)c1. The first-order chi connectivity index (χ1) is 11.5. The van der Waals surface area contributed by atoms with Crippen LogP contribution in [0.5, 0.6) is 11.5 Å². The van der Waals surface area contributed by atoms with Crippen LogP contribution in [0, 0.1) is 5.82 Å². The van der Waals surface area contributed by atoms with Gasteiger partial charge in [0.15, 0.2) is 6.61 Å². The van der Waals surface area contributed by atoms with E-state index in [1.165, 1.54) is 38.5 Å². The Kier molecular flexibility index (Phi) is 5.76. The maximum Gasteiger partial charge on any atom is 0.341 e. The van der Waals surface area contributed by atoms with E-state index in [1.54, 1.807) is 6.07 Å². The quantitative estimate of drug-likeness (QED) is 0.588. The molecule has 0 aliphatic heterocycles. The van der Waals surface area contributed by atoms with E-state index < -0.39 is 24.2 Å². The summed E-state index contributed by atoms with van der Waals surface area (Å²) in [5, 5.41) is 0.156. The number of benzene rings is 2. The minimum Gasteiger partial charge on any atom is -0.497 e. The van der Waals surface area contributed by atoms with E-state index in [-0.39, 0.29) is 21.9 Å². The molecule has 2 aromatic rings. The Hall–Kier alpha value is -2.60. The molecule has 0 heterocycles. The molecule has 0 atom stereocenters. The Morgan fingerprint density at radius 2 is 1.75 bits per heavy atom. The van der Waals surface area contributed by atoms with Gasteiger partial charge < -0.3 is 14.2 Å². The summed E-state index contributed by atoms with van der Waals surface area (Å²) in [6.45, 7) is -0.552. The molecule has 0 fully saturated rings. The largest absolute Gasteiger partial charge is 0.497 e. The third-order valence-corrected chi connectivity index (χ3v) is 3.43. The van der Waals surface area contributed by atoms with E-state index in [2.05, 4.69) is 0 Å². The van der Waals surface area contributed by atoms with Gasteiger partial charge in [-0.2, -0.15) is 0 Å². The normalized spacial score (nSPS) is 10.2. The second-order valence-corrected chi connectivity index (χ2v) is 5.13. The highest BCUT2D eigenvalue weighted by Crippen LogP contribution is 2.25. The zero-order chi connectivity index (χ0) is 17.7. The molecular formula is C17H14ClFO5. The lowest BCUT2D eigenvalue weighted by molar-refractivity contribution is 0.0469. The molecule has 0 aliphatic carbocycles. The van der Waals surface area contributed by atoms with Crippen molar-refractivity contribution in [1.29, 1.82) is 0 Å². The molecule has 2 rings (SSSR count). The molecule has 7 heteroatoms. The van der Waals surface area contributed by atoms with E-state index in [0.717, 1.165) is 6.07 Å². The number of hydrogen-bond donors (Lipinski definition) is 0. The Bertz CT molecular complexity index is 776. The van der Waals surface area contributed by atoms with Gasteiger partial charge in [-0.05, 0) is 30.3 Å². The highest BCUT2D eigenvalue weighted by atomic mass is 35.5. The van der Waals surface area contributed by atoms with Gasteiger partial charge in [-0.3, -0.25) is 4.79 Å². The number of carbonyl (C=O) groups excluding carboxylic acids is 2. The minimum absolute atomic E-state index is 0.156. The van der Waals surface area contributed by atoms with Crippen molar-refractivity contribution in [2.45, 2.75) is 0 Å². The number of hydrogen-bond acceptors (Lipinski definition) is 5. The molecule has 0 N–H and O–H groups in total. The van der Waals surface area contributed by atoms with Crippen molar-refractivity contribution in [2.24, 2.45) is 0 Å². The lowest BCUT2D eigenvalue weighted by Crippen LogP contribution is -2.16. The number of carbonyl (C=O) groups is 2. The van der Waals surface area contributed by atoms with E-state index in [0.29, 0.717) is 5.75 Å². The Morgan fingerprint density at radius 1 is 1.04 bits per heavy atom. The number of Topliss-reactive ketones (excluding diaryl/α,β-unsaturated/α-hetero) is 1. The van der Waals surface area contributed by atoms with Crippen LogP contribution in [-0.4, -0.2) is 32.6 Å². The maximum atomic E-state index is 13.6. The molecule has 24 heavy (non-hydrogen) atoms. The van der Waals surface area contributed by atoms with Crippen LogP contribution >= 0.6 is 11.6 Å². The molecule has 0 saturated heterocycles. The molecule has 0 unspecified atom stereocenters. The first kappa shape index (κ1) is 17.7. The molecular weight excluding hydrogens is 339 g/mol. The van der Waals surface area contributed by atoms with E-state index in [9.17, 15) is 14.0 Å². The van der Waals surface area contributed by atoms with Crippen molar-refractivity contribution in [3.05, 3.63) is 58.4 Å². The van der Waals surface area contributed by atoms with E-state index >= 15 is 0 Å². The highest BCUT2D eigenvalue weighted by molar-refractivity contribution is 6.30. The lowest BCUT2D eigenvalue weighted by atomic mass is 10.1. The smallest absolute Gasteiger partial charge is 0.341 e. The van der Waals surface area contributed by atoms with Gasteiger partial charge >= 0.3 is 5.97 Å². The third-order valence-electron chi connectivity index (χ3n) is 3.19. The summed E-state index contributed by atoms with van der Waals surface area (Å²) in [4.78, 5) is 24.0. The number of methoxy groups -OCH3 is 2. The van der Waals surface area contributed by atoms with E-state index in [1.807, 2.05) is 0 Å². The summed E-state index contributed by atoms with van der Waals surface area (Å²) in [6, 6.07) is 8.15. The summed E-state index contributed by atoms with van der Waals surface area (Å²) in [5.74, 6) is -1.46. The number of halogens is 2. The summed E-state index contributed by atoms with van der Waals surface area (Å²) < 4.78 is 28.7. The average Bonchev–Trinajstić information content (AvgIpc) is 2.58. The van der Waals surface area contributed by atoms with E-state index in [4.69, 9.17) is 25.8 Å². The van der Waals surface area contributed by atoms with Crippen molar-refractivity contribution >= 4 is 23.4 Å². The van der Waals surface area contributed by atoms with Gasteiger partial charge in [-0.25, -0.2) is 9.18 Å². The van der Waals surface area contributed by atoms with Crippen LogP contribution in [0.1, 0.15) is 20.7 Å². The van der Waals surface area contributed by atoms with Gasteiger partial charge in [0.25, 0.3) is 0 Å². The zero-order valence-electron chi connectivity index (χ0n) is 13.0. The van der Waals surface area contributed by atoms with Crippen LogP contribution in [0.3, 0.4) is 0 Å². The zero-order valence-corrected chi connectivity index (χ0v) is 13.7. The predicted octanol–water partition coefficient (Wildman–Crippen LogP) is 3.54. The Balaban J connectivity index is 2.09. The molecule has 0 amide bonds. The summed E-state index contributed by atoms with van der Waals surface area (Å²) in [6.07, 6.45) is 0. The first-order valence-corrected chi connectivity index (χ1v) is 7.21. The summed E-state index contributed by atoms with van der Waals surface area (Å²) in [5.41, 5.74) is -0.0726. The predicted molar refractivity (Wildman–Crippen MR) is 85.6 cm³/mol. The van der Waals surface area contributed by atoms with Gasteiger partial charge in [0, 0.05) is 11.1 Å². The Morgan fingerprint density at radius 3 is 2.38 bits per heavy atom. The summed E-state index contributed by atoms with van der Waals surface area (Å²) >= 11 is 5.62. The van der Waals surface area contributed by atoms with Crippen molar-refractivity contribution in [3.8, 4) is 11.5 Å². The molecule has 0 aromatic heterocycles. The van der Waals surface area contributed by atoms with Gasteiger partial charge in [-0.1, -0.05) is 11.6 Å². The third kappa shape index (κ3) is 4.02. The van der Waals surface area contributed by atoms with Crippen LogP contribution in [0.2, 0.25) is 5.02 Å². The fourth-order valence-electron chi connectivity index (χ4n) is 1.97. The van der Waals surface area contributed by atoms with Crippen molar-refractivity contribution in [1.82, 2.24) is 0 Å². The molecule has 5 nitrogen and oxygen atoms in total. The monoisotopic (exact) mass is 352 g/mol. The Labute approximate surface area is 142 Å². The molecule has 2 aromatic carbocycles. The first-order valence-electron chi connectivity index (χ1n) is 6.83. The van der Waals surface area contributed by atoms with Crippen molar-refractivity contribution < 1.29 is 28.2 Å².